The van der Waals surface area contributed by atoms with Crippen LogP contribution >= 0.6 is 0 Å². The molecular formula is C19H27N3O3. The normalized spacial score (nSPS) is 15.9. The van der Waals surface area contributed by atoms with Crippen LogP contribution in [0, 0.1) is 5.92 Å². The molecule has 25 heavy (non-hydrogen) atoms. The highest BCUT2D eigenvalue weighted by Crippen LogP contribution is 2.26. The summed E-state index contributed by atoms with van der Waals surface area (Å²) >= 11 is 0. The number of amides is 4. The van der Waals surface area contributed by atoms with E-state index >= 15 is 0 Å². The second-order valence-electron chi connectivity index (χ2n) is 7.02. The number of benzene rings is 1. The number of nitrogens with zero attached hydrogens (tertiary/aromatic N) is 3. The van der Waals surface area contributed by atoms with Crippen molar-refractivity contribution >= 4 is 17.8 Å². The molecule has 1 aliphatic rings. The monoisotopic (exact) mass is 345 g/mol. The first-order chi connectivity index (χ1) is 11.8. The maximum absolute atomic E-state index is 12.7. The minimum absolute atomic E-state index is 0.0330. The zero-order valence-corrected chi connectivity index (χ0v) is 15.4. The summed E-state index contributed by atoms with van der Waals surface area (Å²) in [4.78, 5) is 40.6. The van der Waals surface area contributed by atoms with Crippen molar-refractivity contribution in [2.45, 2.75) is 32.7 Å². The lowest BCUT2D eigenvalue weighted by atomic mass is 9.96. The number of imide groups is 1. The quantitative estimate of drug-likeness (QED) is 0.714. The van der Waals surface area contributed by atoms with Crippen LogP contribution in [0.5, 0.6) is 0 Å². The number of likely N-dealkylation sites (N-methyl/N-ethyl adjacent to an activating group) is 2. The van der Waals surface area contributed by atoms with Gasteiger partial charge in [0.25, 0.3) is 5.91 Å². The number of hydrogen-bond acceptors (Lipinski definition) is 3. The first-order valence-corrected chi connectivity index (χ1v) is 8.67. The molecule has 1 fully saturated rings. The van der Waals surface area contributed by atoms with Gasteiger partial charge in [0.15, 0.2) is 0 Å². The predicted octanol–water partition coefficient (Wildman–Crippen LogP) is 2.52. The molecule has 1 heterocycles. The van der Waals surface area contributed by atoms with Crippen LogP contribution in [0.2, 0.25) is 0 Å². The minimum Gasteiger partial charge on any atom is -0.337 e. The van der Waals surface area contributed by atoms with Gasteiger partial charge in [0.1, 0.15) is 13.1 Å². The summed E-state index contributed by atoms with van der Waals surface area (Å²) in [6.07, 6.45) is 1.83. The van der Waals surface area contributed by atoms with Crippen molar-refractivity contribution in [2.75, 3.05) is 27.2 Å². The van der Waals surface area contributed by atoms with Gasteiger partial charge >= 0.3 is 6.03 Å². The Kier molecular flexibility index (Phi) is 6.17. The van der Waals surface area contributed by atoms with E-state index in [2.05, 4.69) is 13.8 Å². The van der Waals surface area contributed by atoms with Crippen LogP contribution in [-0.4, -0.2) is 59.7 Å². The van der Waals surface area contributed by atoms with E-state index in [0.717, 1.165) is 23.3 Å². The summed E-state index contributed by atoms with van der Waals surface area (Å²) in [5, 5.41) is 0. The molecule has 1 unspecified atom stereocenters. The molecule has 1 aromatic carbocycles. The average molecular weight is 345 g/mol. The Morgan fingerprint density at radius 3 is 2.32 bits per heavy atom. The molecule has 6 nitrogen and oxygen atoms in total. The van der Waals surface area contributed by atoms with Gasteiger partial charge in [-0.2, -0.15) is 0 Å². The molecule has 1 aromatic rings. The second kappa shape index (κ2) is 8.14. The number of hydrogen-bond donors (Lipinski definition) is 0. The molecule has 0 aromatic heterocycles. The molecule has 0 N–H and O–H groups in total. The third-order valence-electron chi connectivity index (χ3n) is 4.59. The van der Waals surface area contributed by atoms with E-state index in [-0.39, 0.29) is 30.9 Å². The van der Waals surface area contributed by atoms with Crippen molar-refractivity contribution in [2.24, 2.45) is 5.92 Å². The van der Waals surface area contributed by atoms with Crippen LogP contribution in [0.3, 0.4) is 0 Å². The van der Waals surface area contributed by atoms with Crippen LogP contribution in [0.4, 0.5) is 4.79 Å². The van der Waals surface area contributed by atoms with E-state index in [0.29, 0.717) is 5.92 Å². The van der Waals surface area contributed by atoms with Crippen LogP contribution < -0.4 is 0 Å². The second-order valence-corrected chi connectivity index (χ2v) is 7.02. The fraction of sp³-hybridized carbons (Fsp3) is 0.526. The van der Waals surface area contributed by atoms with Gasteiger partial charge in [-0.25, -0.2) is 4.79 Å². The Morgan fingerprint density at radius 2 is 1.80 bits per heavy atom. The summed E-state index contributed by atoms with van der Waals surface area (Å²) < 4.78 is 0. The van der Waals surface area contributed by atoms with Gasteiger partial charge in [0.2, 0.25) is 5.91 Å². The molecule has 1 aliphatic heterocycles. The molecule has 136 valence electrons. The maximum atomic E-state index is 12.7. The van der Waals surface area contributed by atoms with Crippen molar-refractivity contribution in [3.8, 4) is 0 Å². The van der Waals surface area contributed by atoms with Gasteiger partial charge in [-0.1, -0.05) is 44.2 Å². The molecule has 0 saturated carbocycles. The van der Waals surface area contributed by atoms with Gasteiger partial charge in [-0.3, -0.25) is 14.5 Å². The van der Waals surface area contributed by atoms with E-state index < -0.39 is 6.03 Å². The van der Waals surface area contributed by atoms with E-state index in [1.807, 2.05) is 30.3 Å². The van der Waals surface area contributed by atoms with Crippen molar-refractivity contribution in [3.63, 3.8) is 0 Å². The third-order valence-corrected chi connectivity index (χ3v) is 4.59. The van der Waals surface area contributed by atoms with Crippen molar-refractivity contribution in [3.05, 3.63) is 35.9 Å². The van der Waals surface area contributed by atoms with Crippen LogP contribution in [0.15, 0.2) is 30.3 Å². The lowest BCUT2D eigenvalue weighted by Crippen LogP contribution is -2.43. The largest absolute Gasteiger partial charge is 0.337 e. The van der Waals surface area contributed by atoms with Gasteiger partial charge in [0.05, 0.1) is 6.04 Å². The first-order valence-electron chi connectivity index (χ1n) is 8.67. The number of carbonyl (C=O) groups excluding carboxylic acids is 3. The maximum Gasteiger partial charge on any atom is 0.327 e. The highest BCUT2D eigenvalue weighted by Gasteiger charge is 2.36. The Hall–Kier alpha value is -2.37. The smallest absolute Gasteiger partial charge is 0.327 e. The van der Waals surface area contributed by atoms with Crippen molar-refractivity contribution in [1.29, 1.82) is 0 Å². The standard InChI is InChI=1S/C19H27N3O3/c1-14(2)10-11-16(15-8-6-5-7-9-15)21(4)17(23)13-22-18(24)12-20(3)19(22)25/h5-9,14,16H,10-13H2,1-4H3. The number of carbonyl (C=O) groups is 3. The molecule has 0 bridgehead atoms. The number of urea groups is 1. The summed E-state index contributed by atoms with van der Waals surface area (Å²) in [5.74, 6) is -0.0209. The zero-order chi connectivity index (χ0) is 18.6. The topological polar surface area (TPSA) is 60.9 Å². The van der Waals surface area contributed by atoms with Crippen LogP contribution in [-0.2, 0) is 9.59 Å². The Balaban J connectivity index is 2.12. The van der Waals surface area contributed by atoms with Gasteiger partial charge < -0.3 is 9.80 Å². The third kappa shape index (κ3) is 4.59. The van der Waals surface area contributed by atoms with Crippen molar-refractivity contribution < 1.29 is 14.4 Å². The summed E-state index contributed by atoms with van der Waals surface area (Å²) in [6.45, 7) is 4.14. The van der Waals surface area contributed by atoms with Gasteiger partial charge in [-0.05, 0) is 24.3 Å². The summed E-state index contributed by atoms with van der Waals surface area (Å²) in [5.41, 5.74) is 1.06. The fourth-order valence-electron chi connectivity index (χ4n) is 3.00. The summed E-state index contributed by atoms with van der Waals surface area (Å²) in [7, 11) is 3.30. The Morgan fingerprint density at radius 1 is 1.16 bits per heavy atom. The molecule has 1 saturated heterocycles. The molecule has 0 spiro atoms. The lowest BCUT2D eigenvalue weighted by molar-refractivity contribution is -0.137. The first kappa shape index (κ1) is 19.0. The zero-order valence-electron chi connectivity index (χ0n) is 15.4. The average Bonchev–Trinajstić information content (AvgIpc) is 2.81. The highest BCUT2D eigenvalue weighted by molar-refractivity contribution is 6.04. The fourth-order valence-corrected chi connectivity index (χ4v) is 3.00. The minimum atomic E-state index is -0.412. The van der Waals surface area contributed by atoms with E-state index in [1.54, 1.807) is 19.0 Å². The van der Waals surface area contributed by atoms with Crippen molar-refractivity contribution in [1.82, 2.24) is 14.7 Å². The molecule has 1 atom stereocenters. The van der Waals surface area contributed by atoms with E-state index in [4.69, 9.17) is 0 Å². The molecule has 6 heteroatoms. The van der Waals surface area contributed by atoms with E-state index in [9.17, 15) is 14.4 Å². The Labute approximate surface area is 149 Å². The van der Waals surface area contributed by atoms with Gasteiger partial charge in [-0.15, -0.1) is 0 Å². The molecular weight excluding hydrogens is 318 g/mol. The van der Waals surface area contributed by atoms with Crippen LogP contribution in [0.1, 0.15) is 38.3 Å². The lowest BCUT2D eigenvalue weighted by Gasteiger charge is -2.30. The molecule has 0 radical (unpaired) electrons. The van der Waals surface area contributed by atoms with Crippen LogP contribution in [0.25, 0.3) is 0 Å². The summed E-state index contributed by atoms with van der Waals surface area (Å²) in [6, 6.07) is 9.40. The number of rotatable bonds is 7. The highest BCUT2D eigenvalue weighted by atomic mass is 16.2. The Bertz CT molecular complexity index is 630. The molecule has 2 rings (SSSR count). The SMILES string of the molecule is CC(C)CCC(c1ccccc1)N(C)C(=O)CN1C(=O)CN(C)C1=O. The van der Waals surface area contributed by atoms with E-state index in [1.165, 1.54) is 4.90 Å². The van der Waals surface area contributed by atoms with Gasteiger partial charge in [0, 0.05) is 14.1 Å². The predicted molar refractivity (Wildman–Crippen MR) is 95.8 cm³/mol. The molecule has 0 aliphatic carbocycles. The molecule has 4 amide bonds.